The van der Waals surface area contributed by atoms with Crippen molar-refractivity contribution in [2.24, 2.45) is 5.73 Å². The second kappa shape index (κ2) is 21.4. The Morgan fingerprint density at radius 1 is 0.783 bits per heavy atom. The Morgan fingerprint density at radius 3 is 1.96 bits per heavy atom. The summed E-state index contributed by atoms with van der Waals surface area (Å²) in [6.07, 6.45) is -2.56. The number of carboxylic acid groups (broad SMARTS) is 1. The van der Waals surface area contributed by atoms with Crippen LogP contribution >= 0.6 is 0 Å². The minimum atomic E-state index is -2.28. The molecular weight excluding hydrogens is 612 g/mol. The monoisotopic (exact) mass is 668 g/mol. The zero-order chi connectivity index (χ0) is 34.1. The molecule has 0 aromatic heterocycles. The number of nitrogens with one attached hydrogen (secondary N) is 1. The molecule has 2 saturated heterocycles. The molecule has 2 rings (SSSR count). The van der Waals surface area contributed by atoms with E-state index in [-0.39, 0.29) is 6.42 Å². The molecule has 0 amide bonds. The smallest absolute Gasteiger partial charge is 0.320 e. The highest BCUT2D eigenvalue weighted by Gasteiger charge is 2.59. The number of rotatable bonds is 24. The lowest BCUT2D eigenvalue weighted by molar-refractivity contribution is -0.383. The molecular formula is C30H56N2O14. The highest BCUT2D eigenvalue weighted by molar-refractivity contribution is 5.73. The van der Waals surface area contributed by atoms with Gasteiger partial charge < -0.3 is 70.9 Å². The van der Waals surface area contributed by atoms with Crippen molar-refractivity contribution in [2.45, 2.75) is 144 Å². The maximum Gasteiger partial charge on any atom is 0.320 e. The molecule has 2 fully saturated rings. The number of nitrogens with two attached hydrogens (primary N) is 1. The quantitative estimate of drug-likeness (QED) is 0.0402. The molecule has 16 heteroatoms. The van der Waals surface area contributed by atoms with Crippen LogP contribution in [0.3, 0.4) is 0 Å². The van der Waals surface area contributed by atoms with Crippen LogP contribution in [-0.2, 0) is 28.5 Å². The Morgan fingerprint density at radius 2 is 1.39 bits per heavy atom. The van der Waals surface area contributed by atoms with Crippen LogP contribution in [0.25, 0.3) is 0 Å². The van der Waals surface area contributed by atoms with Crippen molar-refractivity contribution in [1.29, 1.82) is 0 Å². The van der Waals surface area contributed by atoms with Gasteiger partial charge in [0.15, 0.2) is 6.29 Å². The van der Waals surface area contributed by atoms with Crippen molar-refractivity contribution >= 4 is 11.9 Å². The van der Waals surface area contributed by atoms with Gasteiger partial charge in [-0.05, 0) is 38.8 Å². The molecule has 2 heterocycles. The Labute approximate surface area is 269 Å². The van der Waals surface area contributed by atoms with Gasteiger partial charge in [0.25, 0.3) is 0 Å². The summed E-state index contributed by atoms with van der Waals surface area (Å²) in [5.41, 5.74) is 5.47. The molecule has 270 valence electrons. The normalized spacial score (nSPS) is 32.0. The maximum atomic E-state index is 12.5. The number of hydrogen-bond donors (Lipinski definition) is 10. The van der Waals surface area contributed by atoms with Crippen LogP contribution in [-0.4, -0.2) is 147 Å². The average Bonchev–Trinajstić information content (AvgIpc) is 3.28. The van der Waals surface area contributed by atoms with E-state index in [0.717, 1.165) is 64.2 Å². The van der Waals surface area contributed by atoms with Crippen LogP contribution in [0.4, 0.5) is 0 Å². The fourth-order valence-corrected chi connectivity index (χ4v) is 5.58. The molecule has 0 aliphatic carbocycles. The molecule has 11 N–H and O–H groups in total. The molecule has 0 saturated carbocycles. The fraction of sp³-hybridized carbons (Fsp3) is 0.933. The molecule has 2 aliphatic rings. The van der Waals surface area contributed by atoms with Crippen molar-refractivity contribution in [3.8, 4) is 0 Å². The zero-order valence-electron chi connectivity index (χ0n) is 26.5. The van der Waals surface area contributed by atoms with Crippen LogP contribution < -0.4 is 11.1 Å². The number of carbonyl (C=O) groups is 2. The van der Waals surface area contributed by atoms with E-state index in [9.17, 15) is 50.4 Å². The molecule has 0 aromatic carbocycles. The molecule has 10 atom stereocenters. The summed E-state index contributed by atoms with van der Waals surface area (Å²) in [5, 5.41) is 82.9. The molecule has 46 heavy (non-hydrogen) atoms. The molecule has 0 spiro atoms. The van der Waals surface area contributed by atoms with Gasteiger partial charge in [0, 0.05) is 6.42 Å². The predicted molar refractivity (Wildman–Crippen MR) is 161 cm³/mol. The summed E-state index contributed by atoms with van der Waals surface area (Å²) in [4.78, 5) is 23.8. The third-order valence-corrected chi connectivity index (χ3v) is 8.48. The van der Waals surface area contributed by atoms with Crippen LogP contribution in [0.1, 0.15) is 83.5 Å². The molecule has 0 aromatic rings. The second-order valence-corrected chi connectivity index (χ2v) is 12.1. The number of hydrogen-bond acceptors (Lipinski definition) is 15. The Hall–Kier alpha value is -1.54. The minimum Gasteiger partial charge on any atom is -0.480 e. The van der Waals surface area contributed by atoms with E-state index >= 15 is 0 Å². The third kappa shape index (κ3) is 12.5. The number of aliphatic hydroxyl groups is 7. The van der Waals surface area contributed by atoms with Crippen LogP contribution in [0, 0.1) is 0 Å². The first kappa shape index (κ1) is 40.6. The van der Waals surface area contributed by atoms with Crippen molar-refractivity contribution in [3.05, 3.63) is 0 Å². The van der Waals surface area contributed by atoms with E-state index < -0.39 is 92.6 Å². The zero-order valence-corrected chi connectivity index (χ0v) is 26.5. The minimum absolute atomic E-state index is 0.0642. The molecule has 16 nitrogen and oxygen atoms in total. The number of unbranched alkanes of at least 4 members (excludes halogenated alkanes) is 9. The lowest BCUT2D eigenvalue weighted by atomic mass is 9.99. The first-order valence-corrected chi connectivity index (χ1v) is 16.5. The number of aliphatic carboxylic acids is 1. The molecule has 2 aliphatic heterocycles. The molecule has 0 unspecified atom stereocenters. The van der Waals surface area contributed by atoms with Gasteiger partial charge in [-0.3, -0.25) is 9.59 Å². The van der Waals surface area contributed by atoms with Crippen molar-refractivity contribution in [3.63, 3.8) is 0 Å². The van der Waals surface area contributed by atoms with Crippen LogP contribution in [0.2, 0.25) is 0 Å². The molecule has 0 radical (unpaired) electrons. The summed E-state index contributed by atoms with van der Waals surface area (Å²) in [6.45, 7) is -0.953. The summed E-state index contributed by atoms with van der Waals surface area (Å²) >= 11 is 0. The molecule has 0 bridgehead atoms. The standard InChI is InChI=1S/C30H56N2O14/c31-14-10-9-12-19(28(41)42)32-15-11-7-5-3-1-2-4-6-8-13-22(35)43-18-30(27(40)24(37)21(17-34)45-30)46-29-26(39)25(38)23(36)20(16-33)44-29/h19-21,23-27,29,32-34,36-40H,1-18,31H2,(H,41,42)/t19-,20+,21+,23+,24+,25-,26+,27-,29+,30-/m0/s1. The first-order chi connectivity index (χ1) is 22.0. The maximum absolute atomic E-state index is 12.5. The van der Waals surface area contributed by atoms with E-state index in [1.54, 1.807) is 0 Å². The lowest BCUT2D eigenvalue weighted by Gasteiger charge is -2.43. The number of ether oxygens (including phenoxy) is 4. The predicted octanol–water partition coefficient (Wildman–Crippen LogP) is -1.77. The van der Waals surface area contributed by atoms with Gasteiger partial charge in [0.2, 0.25) is 5.79 Å². The fourth-order valence-electron chi connectivity index (χ4n) is 5.58. The van der Waals surface area contributed by atoms with E-state index in [4.69, 9.17) is 24.7 Å². The summed E-state index contributed by atoms with van der Waals surface area (Å²) in [7, 11) is 0. The van der Waals surface area contributed by atoms with Gasteiger partial charge in [0.05, 0.1) is 13.2 Å². The SMILES string of the molecule is NCCCC[C@H](NCCCCCCCCCCCC(=O)OC[C@@]1(O[C@H]2O[C@H](CO)[C@@H](O)[C@H](O)[C@H]2O)O[C@H](CO)[C@@H](O)[C@@H]1O)C(=O)O. The Bertz CT molecular complexity index is 869. The Balaban J connectivity index is 1.66. The highest BCUT2D eigenvalue weighted by Crippen LogP contribution is 2.36. The van der Waals surface area contributed by atoms with Gasteiger partial charge in [-0.2, -0.15) is 0 Å². The number of aliphatic hydroxyl groups excluding tert-OH is 7. The van der Waals surface area contributed by atoms with Gasteiger partial charge in [-0.1, -0.05) is 51.4 Å². The van der Waals surface area contributed by atoms with Gasteiger partial charge >= 0.3 is 11.9 Å². The first-order valence-electron chi connectivity index (χ1n) is 16.5. The van der Waals surface area contributed by atoms with E-state index in [1.165, 1.54) is 0 Å². The van der Waals surface area contributed by atoms with Crippen LogP contribution in [0.15, 0.2) is 0 Å². The average molecular weight is 669 g/mol. The van der Waals surface area contributed by atoms with Gasteiger partial charge in [0.1, 0.15) is 55.4 Å². The number of carbonyl (C=O) groups excluding carboxylic acids is 1. The summed E-state index contributed by atoms with van der Waals surface area (Å²) < 4.78 is 21.7. The largest absolute Gasteiger partial charge is 0.480 e. The van der Waals surface area contributed by atoms with E-state index in [1.807, 2.05) is 0 Å². The van der Waals surface area contributed by atoms with E-state index in [0.29, 0.717) is 25.9 Å². The third-order valence-electron chi connectivity index (χ3n) is 8.48. The van der Waals surface area contributed by atoms with Crippen molar-refractivity contribution in [1.82, 2.24) is 5.32 Å². The topological polar surface area (TPSA) is 271 Å². The number of esters is 1. The number of carboxylic acids is 1. The van der Waals surface area contributed by atoms with E-state index in [2.05, 4.69) is 5.32 Å². The van der Waals surface area contributed by atoms with Crippen LogP contribution in [0.5, 0.6) is 0 Å². The Kier molecular flexibility index (Phi) is 18.9. The second-order valence-electron chi connectivity index (χ2n) is 12.1. The van der Waals surface area contributed by atoms with Crippen molar-refractivity contribution in [2.75, 3.05) is 32.9 Å². The lowest BCUT2D eigenvalue weighted by Crippen LogP contribution is -2.62. The van der Waals surface area contributed by atoms with Gasteiger partial charge in [-0.15, -0.1) is 0 Å². The summed E-state index contributed by atoms with van der Waals surface area (Å²) in [6, 6.07) is -0.524. The van der Waals surface area contributed by atoms with Crippen molar-refractivity contribution < 1.29 is 69.4 Å². The summed E-state index contributed by atoms with van der Waals surface area (Å²) in [5.74, 6) is -3.74. The highest BCUT2D eigenvalue weighted by atomic mass is 16.8. The van der Waals surface area contributed by atoms with Gasteiger partial charge in [-0.25, -0.2) is 0 Å².